The molecule has 0 saturated heterocycles. The largest absolute Gasteiger partial charge is 0.497 e. The molecule has 162 valence electrons. The molecule has 0 saturated carbocycles. The predicted molar refractivity (Wildman–Crippen MR) is 130 cm³/mol. The first-order valence-corrected chi connectivity index (χ1v) is 10.6. The second-order valence-electron chi connectivity index (χ2n) is 7.74. The number of methoxy groups -OCH3 is 1. The van der Waals surface area contributed by atoms with Crippen molar-refractivity contribution in [2.45, 2.75) is 6.92 Å². The Morgan fingerprint density at radius 3 is 1.97 bits per heavy atom. The minimum atomic E-state index is -0.226. The fraction of sp³-hybridized carbons (Fsp3) is 0.0741. The Hall–Kier alpha value is -4.45. The van der Waals surface area contributed by atoms with Crippen molar-refractivity contribution in [1.82, 2.24) is 19.7 Å². The summed E-state index contributed by atoms with van der Waals surface area (Å²) >= 11 is 0. The van der Waals surface area contributed by atoms with E-state index in [2.05, 4.69) is 5.10 Å². The second-order valence-corrected chi connectivity index (χ2v) is 7.74. The van der Waals surface area contributed by atoms with Gasteiger partial charge in [0.05, 0.1) is 24.2 Å². The molecule has 6 heteroatoms. The lowest BCUT2D eigenvalue weighted by molar-refractivity contribution is 0.415. The van der Waals surface area contributed by atoms with Crippen LogP contribution in [-0.2, 0) is 0 Å². The predicted octanol–water partition coefficient (Wildman–Crippen LogP) is 5.27. The van der Waals surface area contributed by atoms with Gasteiger partial charge in [-0.3, -0.25) is 9.89 Å². The van der Waals surface area contributed by atoms with E-state index in [9.17, 15) is 4.79 Å². The van der Waals surface area contributed by atoms with Gasteiger partial charge >= 0.3 is 0 Å². The fourth-order valence-electron chi connectivity index (χ4n) is 3.63. The summed E-state index contributed by atoms with van der Waals surface area (Å²) in [6.07, 6.45) is 0. The molecule has 6 nitrogen and oxygen atoms in total. The Bertz CT molecular complexity index is 1450. The Morgan fingerprint density at radius 2 is 1.36 bits per heavy atom. The normalized spacial score (nSPS) is 10.8. The van der Waals surface area contributed by atoms with E-state index in [4.69, 9.17) is 14.7 Å². The van der Waals surface area contributed by atoms with E-state index in [0.29, 0.717) is 11.4 Å². The summed E-state index contributed by atoms with van der Waals surface area (Å²) in [7, 11) is 1.63. The van der Waals surface area contributed by atoms with E-state index in [1.807, 2.05) is 91.9 Å². The van der Waals surface area contributed by atoms with E-state index < -0.39 is 0 Å². The molecule has 5 aromatic rings. The maximum Gasteiger partial charge on any atom is 0.274 e. The lowest BCUT2D eigenvalue weighted by atomic mass is 10.1. The SMILES string of the molecule is COc1ccc(-c2cc(-c3ccc(C)cc3)nc(-n3[nH]c(-c4ccccc4)cc3=O)n2)cc1. The Morgan fingerprint density at radius 1 is 0.758 bits per heavy atom. The third-order valence-electron chi connectivity index (χ3n) is 5.45. The summed E-state index contributed by atoms with van der Waals surface area (Å²) in [4.78, 5) is 22.3. The minimum absolute atomic E-state index is 0.226. The number of ether oxygens (including phenoxy) is 1. The zero-order valence-corrected chi connectivity index (χ0v) is 18.3. The number of benzene rings is 3. The van der Waals surface area contributed by atoms with Crippen molar-refractivity contribution in [3.8, 4) is 45.5 Å². The molecule has 33 heavy (non-hydrogen) atoms. The molecule has 0 aliphatic rings. The first-order valence-electron chi connectivity index (χ1n) is 10.6. The molecule has 1 N–H and O–H groups in total. The molecule has 0 atom stereocenters. The number of aryl methyl sites for hydroxylation is 1. The van der Waals surface area contributed by atoms with E-state index in [0.717, 1.165) is 33.7 Å². The molecule has 0 unspecified atom stereocenters. The van der Waals surface area contributed by atoms with Gasteiger partial charge in [0.25, 0.3) is 11.5 Å². The maximum atomic E-state index is 12.9. The maximum absolute atomic E-state index is 12.9. The zero-order chi connectivity index (χ0) is 22.8. The summed E-state index contributed by atoms with van der Waals surface area (Å²) in [5.41, 5.74) is 5.84. The number of hydrogen-bond acceptors (Lipinski definition) is 4. The molecule has 0 fully saturated rings. The Kier molecular flexibility index (Phi) is 5.32. The van der Waals surface area contributed by atoms with Crippen LogP contribution in [0, 0.1) is 6.92 Å². The molecular weight excluding hydrogens is 412 g/mol. The van der Waals surface area contributed by atoms with Gasteiger partial charge in [-0.25, -0.2) is 9.97 Å². The molecule has 0 bridgehead atoms. The van der Waals surface area contributed by atoms with Crippen LogP contribution in [0.25, 0.3) is 39.7 Å². The van der Waals surface area contributed by atoms with Crippen molar-refractivity contribution < 1.29 is 4.74 Å². The minimum Gasteiger partial charge on any atom is -0.497 e. The third-order valence-corrected chi connectivity index (χ3v) is 5.45. The van der Waals surface area contributed by atoms with Gasteiger partial charge < -0.3 is 4.74 Å². The number of nitrogens with zero attached hydrogens (tertiary/aromatic N) is 3. The first kappa shape index (κ1) is 20.5. The first-order chi connectivity index (χ1) is 16.1. The molecule has 3 aromatic carbocycles. The van der Waals surface area contributed by atoms with Crippen molar-refractivity contribution in [2.24, 2.45) is 0 Å². The highest BCUT2D eigenvalue weighted by Crippen LogP contribution is 2.26. The van der Waals surface area contributed by atoms with Gasteiger partial charge in [-0.1, -0.05) is 60.2 Å². The van der Waals surface area contributed by atoms with E-state index in [1.54, 1.807) is 13.2 Å². The molecule has 0 amide bonds. The van der Waals surface area contributed by atoms with Gasteiger partial charge in [-0.05, 0) is 42.8 Å². The number of aromatic nitrogens is 4. The number of aromatic amines is 1. The van der Waals surface area contributed by atoms with Crippen LogP contribution in [0.3, 0.4) is 0 Å². The zero-order valence-electron chi connectivity index (χ0n) is 18.3. The van der Waals surface area contributed by atoms with Crippen LogP contribution in [0.5, 0.6) is 5.75 Å². The third kappa shape index (κ3) is 4.19. The van der Waals surface area contributed by atoms with Crippen molar-refractivity contribution in [3.63, 3.8) is 0 Å². The highest BCUT2D eigenvalue weighted by Gasteiger charge is 2.14. The Balaban J connectivity index is 1.66. The van der Waals surface area contributed by atoms with E-state index >= 15 is 0 Å². The van der Waals surface area contributed by atoms with Gasteiger partial charge in [0.1, 0.15) is 5.75 Å². The van der Waals surface area contributed by atoms with Crippen molar-refractivity contribution in [2.75, 3.05) is 7.11 Å². The number of nitrogens with one attached hydrogen (secondary N) is 1. The van der Waals surface area contributed by atoms with E-state index in [1.165, 1.54) is 4.68 Å². The van der Waals surface area contributed by atoms with Crippen molar-refractivity contribution in [1.29, 1.82) is 0 Å². The molecular formula is C27H22N4O2. The van der Waals surface area contributed by atoms with Gasteiger partial charge in [0, 0.05) is 17.2 Å². The van der Waals surface area contributed by atoms with Gasteiger partial charge in [-0.2, -0.15) is 4.68 Å². The van der Waals surface area contributed by atoms with Crippen LogP contribution < -0.4 is 10.3 Å². The van der Waals surface area contributed by atoms with Gasteiger partial charge in [0.2, 0.25) is 0 Å². The van der Waals surface area contributed by atoms with Crippen LogP contribution in [0.1, 0.15) is 5.56 Å². The van der Waals surface area contributed by atoms with Crippen LogP contribution in [0.2, 0.25) is 0 Å². The molecule has 0 aliphatic carbocycles. The number of H-pyrrole nitrogens is 1. The Labute approximate surface area is 191 Å². The average Bonchev–Trinajstić information content (AvgIpc) is 3.26. The van der Waals surface area contributed by atoms with Crippen LogP contribution >= 0.6 is 0 Å². The van der Waals surface area contributed by atoms with Crippen LogP contribution in [0.4, 0.5) is 0 Å². The molecule has 0 radical (unpaired) electrons. The lowest BCUT2D eigenvalue weighted by Crippen LogP contribution is -2.17. The lowest BCUT2D eigenvalue weighted by Gasteiger charge is -2.10. The monoisotopic (exact) mass is 434 g/mol. The number of hydrogen-bond donors (Lipinski definition) is 1. The topological polar surface area (TPSA) is 72.8 Å². The fourth-order valence-corrected chi connectivity index (χ4v) is 3.63. The van der Waals surface area contributed by atoms with E-state index in [-0.39, 0.29) is 11.5 Å². The highest BCUT2D eigenvalue weighted by molar-refractivity contribution is 5.69. The van der Waals surface area contributed by atoms with Gasteiger partial charge in [-0.15, -0.1) is 0 Å². The van der Waals surface area contributed by atoms with Gasteiger partial charge in [0.15, 0.2) is 0 Å². The molecule has 0 spiro atoms. The molecule has 2 heterocycles. The molecule has 5 rings (SSSR count). The second kappa shape index (κ2) is 8.59. The quantitative estimate of drug-likeness (QED) is 0.409. The standard InChI is InChI=1S/C27H22N4O2/c1-18-8-10-20(11-9-18)23-16-24(21-12-14-22(33-2)15-13-21)29-27(28-23)31-26(32)17-25(30-31)19-6-4-3-5-7-19/h3-17,30H,1-2H3. The molecule has 0 aliphatic heterocycles. The van der Waals surface area contributed by atoms with Crippen molar-refractivity contribution in [3.05, 3.63) is 107 Å². The van der Waals surface area contributed by atoms with Crippen LogP contribution in [0.15, 0.2) is 95.8 Å². The number of rotatable bonds is 5. The summed E-state index contributed by atoms with van der Waals surface area (Å²) in [6.45, 7) is 2.04. The summed E-state index contributed by atoms with van der Waals surface area (Å²) in [6, 6.07) is 29.0. The summed E-state index contributed by atoms with van der Waals surface area (Å²) in [5.74, 6) is 1.05. The van der Waals surface area contributed by atoms with Crippen LogP contribution in [-0.4, -0.2) is 26.9 Å². The average molecular weight is 434 g/mol. The summed E-state index contributed by atoms with van der Waals surface area (Å²) < 4.78 is 6.66. The summed E-state index contributed by atoms with van der Waals surface area (Å²) in [5, 5.41) is 3.16. The highest BCUT2D eigenvalue weighted by atomic mass is 16.5. The smallest absolute Gasteiger partial charge is 0.274 e. The van der Waals surface area contributed by atoms with Crippen molar-refractivity contribution >= 4 is 0 Å². The molecule has 2 aromatic heterocycles.